The van der Waals surface area contributed by atoms with Crippen molar-refractivity contribution in [1.82, 2.24) is 20.1 Å². The maximum Gasteiger partial charge on any atom is 0.270 e. The van der Waals surface area contributed by atoms with Crippen LogP contribution in [0.4, 0.5) is 0 Å². The van der Waals surface area contributed by atoms with Crippen LogP contribution >= 0.6 is 12.4 Å². The lowest BCUT2D eigenvalue weighted by Crippen LogP contribution is -2.50. The van der Waals surface area contributed by atoms with E-state index in [9.17, 15) is 9.59 Å². The number of aromatic nitrogens is 1. The van der Waals surface area contributed by atoms with E-state index in [1.165, 1.54) is 6.42 Å². The number of nitrogens with zero attached hydrogens (tertiary/aromatic N) is 2. The molecule has 1 aromatic heterocycles. The number of benzene rings is 1. The summed E-state index contributed by atoms with van der Waals surface area (Å²) in [4.78, 5) is 32.1. The molecular weight excluding hydrogens is 364 g/mol. The highest BCUT2D eigenvalue weighted by Gasteiger charge is 2.26. The van der Waals surface area contributed by atoms with Gasteiger partial charge in [-0.2, -0.15) is 0 Å². The minimum atomic E-state index is 0. The van der Waals surface area contributed by atoms with Gasteiger partial charge in [0, 0.05) is 43.5 Å². The number of rotatable bonds is 4. The third-order valence-corrected chi connectivity index (χ3v) is 5.61. The van der Waals surface area contributed by atoms with E-state index in [1.807, 2.05) is 40.1 Å². The molecule has 6 nitrogen and oxygen atoms in total. The van der Waals surface area contributed by atoms with Gasteiger partial charge in [-0.05, 0) is 44.0 Å². The number of fused-ring (bicyclic) bond motifs is 1. The molecule has 2 fully saturated rings. The molecule has 7 heteroatoms. The van der Waals surface area contributed by atoms with Gasteiger partial charge in [-0.25, -0.2) is 0 Å². The van der Waals surface area contributed by atoms with Crippen molar-refractivity contribution in [3.8, 4) is 0 Å². The molecule has 2 aromatic rings. The summed E-state index contributed by atoms with van der Waals surface area (Å²) in [6.07, 6.45) is 2.78. The van der Waals surface area contributed by atoms with Crippen molar-refractivity contribution in [2.45, 2.75) is 19.3 Å². The number of H-pyrrole nitrogens is 1. The van der Waals surface area contributed by atoms with Crippen LogP contribution in [0.25, 0.3) is 10.9 Å². The predicted molar refractivity (Wildman–Crippen MR) is 108 cm³/mol. The van der Waals surface area contributed by atoms with Crippen LogP contribution in [0.3, 0.4) is 0 Å². The molecule has 0 aliphatic carbocycles. The Morgan fingerprint density at radius 1 is 1.07 bits per heavy atom. The highest BCUT2D eigenvalue weighted by Crippen LogP contribution is 2.18. The van der Waals surface area contributed by atoms with E-state index in [4.69, 9.17) is 0 Å². The van der Waals surface area contributed by atoms with Crippen LogP contribution in [0.5, 0.6) is 0 Å². The first kappa shape index (κ1) is 19.7. The van der Waals surface area contributed by atoms with E-state index in [1.54, 1.807) is 0 Å². The molecular formula is C20H27ClN4O2. The fourth-order valence-electron chi connectivity index (χ4n) is 3.96. The first-order valence-electron chi connectivity index (χ1n) is 9.56. The molecule has 146 valence electrons. The van der Waals surface area contributed by atoms with Gasteiger partial charge in [0.2, 0.25) is 5.91 Å². The fraction of sp³-hybridized carbons (Fsp3) is 0.500. The van der Waals surface area contributed by atoms with E-state index < -0.39 is 0 Å². The van der Waals surface area contributed by atoms with Crippen molar-refractivity contribution in [1.29, 1.82) is 0 Å². The first-order chi connectivity index (χ1) is 12.7. The third kappa shape index (κ3) is 4.45. The Morgan fingerprint density at radius 2 is 1.81 bits per heavy atom. The second kappa shape index (κ2) is 8.76. The van der Waals surface area contributed by atoms with Crippen molar-refractivity contribution in [2.24, 2.45) is 5.92 Å². The average Bonchev–Trinajstić information content (AvgIpc) is 3.35. The number of carbonyl (C=O) groups is 2. The number of para-hydroxylation sites is 1. The molecule has 2 saturated heterocycles. The van der Waals surface area contributed by atoms with E-state index >= 15 is 0 Å². The van der Waals surface area contributed by atoms with Crippen LogP contribution < -0.4 is 5.32 Å². The zero-order chi connectivity index (χ0) is 17.9. The molecule has 3 heterocycles. The molecule has 2 N–H and O–H groups in total. The molecule has 2 amide bonds. The summed E-state index contributed by atoms with van der Waals surface area (Å²) < 4.78 is 0. The first-order valence-corrected chi connectivity index (χ1v) is 9.56. The average molecular weight is 391 g/mol. The zero-order valence-corrected chi connectivity index (χ0v) is 16.3. The summed E-state index contributed by atoms with van der Waals surface area (Å²) >= 11 is 0. The molecule has 1 aromatic carbocycles. The Balaban J connectivity index is 0.00000210. The summed E-state index contributed by atoms with van der Waals surface area (Å²) in [5.74, 6) is 0.892. The standard InChI is InChI=1S/C20H26N4O2.ClH/c25-19(6-5-15-7-8-21-14-15)23-9-11-24(12-10-23)20(26)18-13-16-3-1-2-4-17(16)22-18;/h1-4,13,15,21-22H,5-12,14H2;1H. The number of carbonyl (C=O) groups excluding carboxylic acids is 2. The van der Waals surface area contributed by atoms with Gasteiger partial charge in [-0.1, -0.05) is 18.2 Å². The van der Waals surface area contributed by atoms with E-state index in [2.05, 4.69) is 10.3 Å². The van der Waals surface area contributed by atoms with Crippen LogP contribution in [-0.4, -0.2) is 65.9 Å². The molecule has 0 bridgehead atoms. The van der Waals surface area contributed by atoms with Gasteiger partial charge in [0.15, 0.2) is 0 Å². The smallest absolute Gasteiger partial charge is 0.270 e. The maximum atomic E-state index is 12.7. The fourth-order valence-corrected chi connectivity index (χ4v) is 3.96. The number of hydrogen-bond donors (Lipinski definition) is 2. The van der Waals surface area contributed by atoms with Crippen molar-refractivity contribution in [3.63, 3.8) is 0 Å². The van der Waals surface area contributed by atoms with Crippen LogP contribution in [0, 0.1) is 5.92 Å². The Kier molecular flexibility index (Phi) is 6.39. The summed E-state index contributed by atoms with van der Waals surface area (Å²) in [6, 6.07) is 9.81. The van der Waals surface area contributed by atoms with Crippen molar-refractivity contribution in [3.05, 3.63) is 36.0 Å². The number of piperazine rings is 1. The minimum absolute atomic E-state index is 0. The molecule has 0 spiro atoms. The largest absolute Gasteiger partial charge is 0.351 e. The Hall–Kier alpha value is -2.05. The Bertz CT molecular complexity index is 759. The summed E-state index contributed by atoms with van der Waals surface area (Å²) in [5, 5.41) is 4.39. The molecule has 1 unspecified atom stereocenters. The van der Waals surface area contributed by atoms with Gasteiger partial charge in [0.25, 0.3) is 5.91 Å². The van der Waals surface area contributed by atoms with Gasteiger partial charge < -0.3 is 20.1 Å². The normalized spacial score (nSPS) is 19.9. The van der Waals surface area contributed by atoms with Crippen LogP contribution in [0.15, 0.2) is 30.3 Å². The summed E-state index contributed by atoms with van der Waals surface area (Å²) in [7, 11) is 0. The summed E-state index contributed by atoms with van der Waals surface area (Å²) in [5.41, 5.74) is 1.60. The lowest BCUT2D eigenvalue weighted by Gasteiger charge is -2.34. The quantitative estimate of drug-likeness (QED) is 0.841. The van der Waals surface area contributed by atoms with Crippen LogP contribution in [0.1, 0.15) is 29.8 Å². The minimum Gasteiger partial charge on any atom is -0.351 e. The van der Waals surface area contributed by atoms with E-state index in [0.717, 1.165) is 30.4 Å². The van der Waals surface area contributed by atoms with Gasteiger partial charge in [0.1, 0.15) is 5.69 Å². The number of hydrogen-bond acceptors (Lipinski definition) is 3. The lowest BCUT2D eigenvalue weighted by atomic mass is 10.0. The van der Waals surface area contributed by atoms with E-state index in [-0.39, 0.29) is 24.2 Å². The highest BCUT2D eigenvalue weighted by molar-refractivity contribution is 5.98. The third-order valence-electron chi connectivity index (χ3n) is 5.61. The van der Waals surface area contributed by atoms with Crippen molar-refractivity contribution >= 4 is 35.1 Å². The van der Waals surface area contributed by atoms with E-state index in [0.29, 0.717) is 44.2 Å². The molecule has 2 aliphatic heterocycles. The molecule has 2 aliphatic rings. The molecule has 27 heavy (non-hydrogen) atoms. The number of nitrogens with one attached hydrogen (secondary N) is 2. The monoisotopic (exact) mass is 390 g/mol. The number of amides is 2. The lowest BCUT2D eigenvalue weighted by molar-refractivity contribution is -0.132. The van der Waals surface area contributed by atoms with Crippen LogP contribution in [-0.2, 0) is 4.79 Å². The zero-order valence-electron chi connectivity index (χ0n) is 15.4. The van der Waals surface area contributed by atoms with Gasteiger partial charge in [-0.3, -0.25) is 9.59 Å². The predicted octanol–water partition coefficient (Wildman–Crippen LogP) is 2.26. The molecule has 0 radical (unpaired) electrons. The Morgan fingerprint density at radius 3 is 2.52 bits per heavy atom. The van der Waals surface area contributed by atoms with Crippen LogP contribution in [0.2, 0.25) is 0 Å². The SMILES string of the molecule is Cl.O=C(CCC1CCNC1)N1CCN(C(=O)c2cc3ccccc3[nH]2)CC1. The molecule has 4 rings (SSSR count). The second-order valence-electron chi connectivity index (χ2n) is 7.34. The topological polar surface area (TPSA) is 68.4 Å². The number of aromatic amines is 1. The second-order valence-corrected chi connectivity index (χ2v) is 7.34. The number of halogens is 1. The Labute approximate surface area is 165 Å². The maximum absolute atomic E-state index is 12.7. The van der Waals surface area contributed by atoms with Gasteiger partial charge in [0.05, 0.1) is 0 Å². The molecule has 1 atom stereocenters. The van der Waals surface area contributed by atoms with Gasteiger partial charge >= 0.3 is 0 Å². The highest BCUT2D eigenvalue weighted by atomic mass is 35.5. The molecule has 0 saturated carbocycles. The van der Waals surface area contributed by atoms with Gasteiger partial charge in [-0.15, -0.1) is 12.4 Å². The summed E-state index contributed by atoms with van der Waals surface area (Å²) in [6.45, 7) is 4.59. The van der Waals surface area contributed by atoms with Crippen molar-refractivity contribution < 1.29 is 9.59 Å². The van der Waals surface area contributed by atoms with Crippen molar-refractivity contribution in [2.75, 3.05) is 39.3 Å².